The average molecular weight is 356 g/mol. The van der Waals surface area contributed by atoms with Crippen molar-refractivity contribution in [3.63, 3.8) is 0 Å². The van der Waals surface area contributed by atoms with Gasteiger partial charge in [-0.25, -0.2) is 0 Å². The van der Waals surface area contributed by atoms with E-state index >= 15 is 0 Å². The largest absolute Gasteiger partial charge is 0.392 e. The first-order chi connectivity index (χ1) is 9.95. The van der Waals surface area contributed by atoms with Crippen molar-refractivity contribution < 1.29 is 14.2 Å². The molecule has 21 heavy (non-hydrogen) atoms. The maximum Gasteiger partial charge on any atom is 0.235 e. The lowest BCUT2D eigenvalue weighted by Gasteiger charge is -2.33. The fourth-order valence-electron chi connectivity index (χ4n) is 1.99. The van der Waals surface area contributed by atoms with Crippen molar-refractivity contribution in [1.82, 2.24) is 0 Å². The molecule has 1 fully saturated rings. The quantitative estimate of drug-likeness (QED) is 0.831. The van der Waals surface area contributed by atoms with E-state index in [2.05, 4.69) is 0 Å². The Balaban J connectivity index is 1.83. The van der Waals surface area contributed by atoms with Gasteiger partial charge < -0.3 is 5.11 Å². The third-order valence-corrected chi connectivity index (χ3v) is 26.0. The zero-order valence-corrected chi connectivity index (χ0v) is 14.7. The molecule has 110 valence electrons. The van der Waals surface area contributed by atoms with Crippen LogP contribution in [0.3, 0.4) is 0 Å². The van der Waals surface area contributed by atoms with E-state index in [9.17, 15) is 9.13 Å². The van der Waals surface area contributed by atoms with Gasteiger partial charge in [0.05, 0.1) is 6.61 Å². The van der Waals surface area contributed by atoms with Gasteiger partial charge in [-0.15, -0.1) is 0 Å². The third kappa shape index (κ3) is 2.91. The van der Waals surface area contributed by atoms with Gasteiger partial charge in [0.25, 0.3) is 0 Å². The second-order valence-electron chi connectivity index (χ2n) is 4.82. The molecule has 0 bridgehead atoms. The molecule has 2 aromatic carbocycles. The summed E-state index contributed by atoms with van der Waals surface area (Å²) in [6.45, 7) is 1.95. The molecular formula is C14H14O3P2S2. The summed E-state index contributed by atoms with van der Waals surface area (Å²) in [7, 11) is 0. The van der Waals surface area contributed by atoms with E-state index in [1.807, 2.05) is 31.2 Å². The maximum atomic E-state index is 12.8. The number of aryl methyl sites for hydroxylation is 1. The molecule has 3 rings (SSSR count). The van der Waals surface area contributed by atoms with Crippen molar-refractivity contribution in [3.8, 4) is 0 Å². The number of benzene rings is 2. The Morgan fingerprint density at radius 1 is 0.857 bits per heavy atom. The summed E-state index contributed by atoms with van der Waals surface area (Å²) in [5.41, 5.74) is -3.44. The predicted molar refractivity (Wildman–Crippen MR) is 93.2 cm³/mol. The van der Waals surface area contributed by atoms with Gasteiger partial charge in [-0.3, -0.25) is 9.13 Å². The highest BCUT2D eigenvalue weighted by Gasteiger charge is 2.53. The molecule has 3 nitrogen and oxygen atoms in total. The summed E-state index contributed by atoms with van der Waals surface area (Å²) < 4.78 is 25.6. The minimum absolute atomic E-state index is 0.0350. The molecule has 1 aliphatic heterocycles. The minimum Gasteiger partial charge on any atom is -0.392 e. The normalized spacial score (nSPS) is 28.1. The van der Waals surface area contributed by atoms with Crippen LogP contribution in [0.5, 0.6) is 0 Å². The number of hydrogen-bond donors (Lipinski definition) is 1. The summed E-state index contributed by atoms with van der Waals surface area (Å²) in [5.74, 6) is 0. The molecule has 2 aromatic rings. The maximum absolute atomic E-state index is 12.8. The van der Waals surface area contributed by atoms with Gasteiger partial charge in [-0.1, -0.05) is 29.8 Å². The van der Waals surface area contributed by atoms with E-state index in [1.54, 1.807) is 24.3 Å². The molecule has 0 spiro atoms. The Morgan fingerprint density at radius 2 is 1.29 bits per heavy atom. The molecule has 1 heterocycles. The van der Waals surface area contributed by atoms with Crippen molar-refractivity contribution in [2.75, 3.05) is 0 Å². The van der Waals surface area contributed by atoms with E-state index in [1.165, 1.54) is 0 Å². The molecule has 0 atom stereocenters. The summed E-state index contributed by atoms with van der Waals surface area (Å²) in [4.78, 5) is 0. The highest BCUT2D eigenvalue weighted by Crippen LogP contribution is 3.03. The standard InChI is InChI=1S/C14H14O3P2S2/c1-11-2-6-13(7-3-11)18(16)20-19(17,21-18)14-8-4-12(10-15)5-9-14/h2-9,15H,10H2,1H3. The Kier molecular flexibility index (Phi) is 4.15. The lowest BCUT2D eigenvalue weighted by molar-refractivity contribution is 0.282. The van der Waals surface area contributed by atoms with Crippen LogP contribution >= 0.6 is 33.1 Å². The van der Waals surface area contributed by atoms with Gasteiger partial charge >= 0.3 is 0 Å². The Labute approximate surface area is 131 Å². The summed E-state index contributed by atoms with van der Waals surface area (Å²) in [6, 6.07) is 14.6. The van der Waals surface area contributed by atoms with Crippen LogP contribution in [0.4, 0.5) is 0 Å². The molecule has 0 unspecified atom stereocenters. The fourth-order valence-corrected chi connectivity index (χ4v) is 25.2. The number of aliphatic hydroxyl groups is 1. The number of rotatable bonds is 3. The molecule has 0 aliphatic carbocycles. The fraction of sp³-hybridized carbons (Fsp3) is 0.143. The van der Waals surface area contributed by atoms with Crippen molar-refractivity contribution in [3.05, 3.63) is 59.7 Å². The van der Waals surface area contributed by atoms with Crippen LogP contribution in [0, 0.1) is 6.92 Å². The average Bonchev–Trinajstić information content (AvgIpc) is 2.46. The molecule has 0 radical (unpaired) electrons. The molecule has 1 aliphatic rings. The van der Waals surface area contributed by atoms with Crippen LogP contribution in [-0.2, 0) is 15.7 Å². The Hall–Kier alpha value is -0.440. The van der Waals surface area contributed by atoms with Crippen molar-refractivity contribution in [2.45, 2.75) is 13.5 Å². The lowest BCUT2D eigenvalue weighted by Crippen LogP contribution is -2.09. The topological polar surface area (TPSA) is 54.4 Å². The SMILES string of the molecule is Cc1ccc(P2(=O)SP(=O)(c3ccc(CO)cc3)S2)cc1. The van der Waals surface area contributed by atoms with Crippen LogP contribution in [0.25, 0.3) is 0 Å². The van der Waals surface area contributed by atoms with E-state index in [0.29, 0.717) is 5.30 Å². The first kappa shape index (κ1) is 15.5. The van der Waals surface area contributed by atoms with Gasteiger partial charge in [-0.2, -0.15) is 0 Å². The van der Waals surface area contributed by atoms with Crippen LogP contribution in [0.2, 0.25) is 0 Å². The second kappa shape index (κ2) is 5.64. The van der Waals surface area contributed by atoms with Crippen LogP contribution in [0.1, 0.15) is 11.1 Å². The first-order valence-electron chi connectivity index (χ1n) is 6.36. The van der Waals surface area contributed by atoms with Gasteiger partial charge in [0.15, 0.2) is 0 Å². The summed E-state index contributed by atoms with van der Waals surface area (Å²) in [6.07, 6.45) is 0. The van der Waals surface area contributed by atoms with Crippen LogP contribution < -0.4 is 10.6 Å². The Morgan fingerprint density at radius 3 is 1.71 bits per heavy atom. The van der Waals surface area contributed by atoms with Crippen molar-refractivity contribution in [2.24, 2.45) is 0 Å². The molecule has 0 aromatic heterocycles. The molecule has 7 heteroatoms. The molecule has 1 N–H and O–H groups in total. The molecular weight excluding hydrogens is 342 g/mol. The summed E-state index contributed by atoms with van der Waals surface area (Å²) >= 11 is 2.23. The van der Waals surface area contributed by atoms with E-state index in [4.69, 9.17) is 5.11 Å². The van der Waals surface area contributed by atoms with Crippen LogP contribution in [-0.4, -0.2) is 5.11 Å². The monoisotopic (exact) mass is 356 g/mol. The van der Waals surface area contributed by atoms with Gasteiger partial charge in [0, 0.05) is 10.6 Å². The van der Waals surface area contributed by atoms with Gasteiger partial charge in [-0.05, 0) is 58.8 Å². The smallest absolute Gasteiger partial charge is 0.235 e. The zero-order valence-electron chi connectivity index (χ0n) is 11.3. The molecule has 0 amide bonds. The van der Waals surface area contributed by atoms with Gasteiger partial charge in [0.1, 0.15) is 0 Å². The second-order valence-corrected chi connectivity index (χ2v) is 19.6. The lowest BCUT2D eigenvalue weighted by atomic mass is 10.2. The third-order valence-electron chi connectivity index (χ3n) is 3.22. The van der Waals surface area contributed by atoms with E-state index < -0.39 is 11.1 Å². The Bertz CT molecular complexity index is 743. The van der Waals surface area contributed by atoms with Crippen molar-refractivity contribution in [1.29, 1.82) is 0 Å². The minimum atomic E-state index is -2.69. The van der Waals surface area contributed by atoms with Crippen molar-refractivity contribution >= 4 is 43.7 Å². The molecule has 0 saturated carbocycles. The van der Waals surface area contributed by atoms with E-state index in [-0.39, 0.29) is 6.61 Å². The zero-order chi connectivity index (χ0) is 15.1. The van der Waals surface area contributed by atoms with Crippen LogP contribution in [0.15, 0.2) is 48.5 Å². The highest BCUT2D eigenvalue weighted by atomic mass is 33.6. The number of hydrogen-bond acceptors (Lipinski definition) is 5. The first-order valence-corrected chi connectivity index (χ1v) is 13.8. The number of aliphatic hydroxyl groups excluding tert-OH is 1. The van der Waals surface area contributed by atoms with Gasteiger partial charge in [0.2, 0.25) is 11.1 Å². The summed E-state index contributed by atoms with van der Waals surface area (Å²) in [5, 5.41) is 10.5. The molecule has 1 saturated heterocycles. The van der Waals surface area contributed by atoms with E-state index in [0.717, 1.165) is 38.4 Å². The predicted octanol–water partition coefficient (Wildman–Crippen LogP) is 4.30. The highest BCUT2D eigenvalue weighted by molar-refractivity contribution is 9.39.